The van der Waals surface area contributed by atoms with Crippen molar-refractivity contribution in [2.75, 3.05) is 0 Å². The number of hydrogen-bond donors (Lipinski definition) is 4. The van der Waals surface area contributed by atoms with Crippen LogP contribution in [0.15, 0.2) is 91.0 Å². The Morgan fingerprint density at radius 3 is 1.15 bits per heavy atom. The fourth-order valence-electron chi connectivity index (χ4n) is 1.70. The minimum atomic E-state index is -1.13. The van der Waals surface area contributed by atoms with Crippen molar-refractivity contribution < 1.29 is 33.2 Å². The normalized spacial score (nSPS) is 8.69. The van der Waals surface area contributed by atoms with Gasteiger partial charge in [0.2, 0.25) is 0 Å². The Kier molecular flexibility index (Phi) is 13.1. The van der Waals surface area contributed by atoms with Gasteiger partial charge in [0.1, 0.15) is 11.4 Å². The first kappa shape index (κ1) is 23.3. The average molecular weight is 375 g/mol. The fourth-order valence-corrected chi connectivity index (χ4v) is 1.70. The van der Waals surface area contributed by atoms with Crippen LogP contribution in [0.25, 0.3) is 0 Å². The maximum absolute atomic E-state index is 10.1. The number of carboxylic acid groups (broad SMARTS) is 1. The molecule has 3 rings (SSSR count). The first-order valence-corrected chi connectivity index (χ1v) is 7.63. The smallest absolute Gasteiger partial charge is 0.148 e. The highest BCUT2D eigenvalue weighted by Gasteiger charge is 1.86. The van der Waals surface area contributed by atoms with Crippen LogP contribution in [-0.4, -0.2) is 5.97 Å². The van der Waals surface area contributed by atoms with Crippen LogP contribution in [-0.2, 0) is 0 Å². The Balaban J connectivity index is 0.000000355. The van der Waals surface area contributed by atoms with Crippen molar-refractivity contribution in [2.45, 2.75) is 0 Å². The molecule has 6 nitrogen and oxygen atoms in total. The van der Waals surface area contributed by atoms with Crippen molar-refractivity contribution in [3.05, 3.63) is 96.6 Å². The molecular formula is C19H23ClN4O2. The molecule has 0 aliphatic heterocycles. The first-order chi connectivity index (χ1) is 12.2. The Morgan fingerprint density at radius 1 is 0.654 bits per heavy atom. The van der Waals surface area contributed by atoms with Gasteiger partial charge < -0.3 is 22.3 Å². The van der Waals surface area contributed by atoms with E-state index in [4.69, 9.17) is 11.7 Å². The number of halogens is 1. The number of benzene rings is 3. The summed E-state index contributed by atoms with van der Waals surface area (Å²) in [6.45, 7) is 0. The lowest BCUT2D eigenvalue weighted by Gasteiger charge is -1.97. The van der Waals surface area contributed by atoms with E-state index in [1.54, 1.807) is 29.1 Å². The van der Waals surface area contributed by atoms with E-state index in [0.717, 1.165) is 11.4 Å². The number of quaternary nitrogens is 2. The molecule has 0 unspecified atom stereocenters. The molecule has 0 aromatic heterocycles. The predicted octanol–water partition coefficient (Wildman–Crippen LogP) is -3.44. The number of aromatic carboxylic acids is 1. The van der Waals surface area contributed by atoms with Gasteiger partial charge in [0.15, 0.2) is 0 Å². The molecule has 0 bridgehead atoms. The zero-order valence-electron chi connectivity index (χ0n) is 14.2. The first-order valence-electron chi connectivity index (χ1n) is 7.63. The van der Waals surface area contributed by atoms with Crippen molar-refractivity contribution in [3.63, 3.8) is 0 Å². The van der Waals surface area contributed by atoms with Crippen molar-refractivity contribution in [3.8, 4) is 0 Å². The summed E-state index contributed by atoms with van der Waals surface area (Å²) >= 11 is 0. The second kappa shape index (κ2) is 14.6. The van der Waals surface area contributed by atoms with Crippen LogP contribution in [0.5, 0.6) is 0 Å². The average Bonchev–Trinajstić information content (AvgIpc) is 2.71. The van der Waals surface area contributed by atoms with Gasteiger partial charge in [-0.2, -0.15) is 11.7 Å². The Morgan fingerprint density at radius 2 is 0.962 bits per heavy atom. The van der Waals surface area contributed by atoms with Gasteiger partial charge >= 0.3 is 0 Å². The number of carbonyl (C=O) groups excluding carboxylic acids is 1. The third kappa shape index (κ3) is 10.2. The van der Waals surface area contributed by atoms with Crippen LogP contribution in [0, 0.1) is 0 Å². The number of nitrogens with two attached hydrogens (primary N) is 4. The number of carboxylic acids is 1. The molecule has 0 spiro atoms. The highest BCUT2D eigenvalue weighted by Crippen LogP contribution is 1.95. The van der Waals surface area contributed by atoms with Gasteiger partial charge in [0, 0.05) is 24.3 Å². The molecule has 7 heteroatoms. The van der Waals surface area contributed by atoms with Gasteiger partial charge in [-0.15, -0.1) is 0 Å². The Hall–Kier alpha value is -2.74. The molecule has 0 aliphatic rings. The summed E-state index contributed by atoms with van der Waals surface area (Å²) in [6.07, 6.45) is 0. The van der Waals surface area contributed by atoms with E-state index in [-0.39, 0.29) is 18.0 Å². The second-order valence-corrected chi connectivity index (χ2v) is 4.81. The maximum Gasteiger partial charge on any atom is 0.148 e. The van der Waals surface area contributed by atoms with E-state index in [1.807, 2.05) is 60.7 Å². The highest BCUT2D eigenvalue weighted by atomic mass is 35.5. The lowest BCUT2D eigenvalue weighted by molar-refractivity contribution is -0.584. The maximum atomic E-state index is 10.1. The van der Waals surface area contributed by atoms with Gasteiger partial charge in [-0.3, -0.25) is 0 Å². The molecule has 0 radical (unpaired) electrons. The van der Waals surface area contributed by atoms with E-state index in [9.17, 15) is 9.90 Å². The van der Waals surface area contributed by atoms with Crippen LogP contribution in [0.1, 0.15) is 10.4 Å². The zero-order valence-corrected chi connectivity index (χ0v) is 14.9. The van der Waals surface area contributed by atoms with Crippen molar-refractivity contribution in [1.29, 1.82) is 0 Å². The van der Waals surface area contributed by atoms with Gasteiger partial charge in [-0.25, -0.2) is 10.9 Å². The molecular weight excluding hydrogens is 352 g/mol. The van der Waals surface area contributed by atoms with Crippen molar-refractivity contribution in [2.24, 2.45) is 11.7 Å². The molecule has 8 N–H and O–H groups in total. The molecule has 138 valence electrons. The summed E-state index contributed by atoms with van der Waals surface area (Å²) in [5.74, 6) is 9.32. The minimum Gasteiger partial charge on any atom is -1.00 e. The third-order valence-electron chi connectivity index (χ3n) is 2.99. The third-order valence-corrected chi connectivity index (χ3v) is 2.99. The molecule has 0 aliphatic carbocycles. The summed E-state index contributed by atoms with van der Waals surface area (Å²) < 4.78 is 0. The number of hydrogen-bond acceptors (Lipinski definition) is 4. The summed E-state index contributed by atoms with van der Waals surface area (Å²) in [4.78, 5) is 10.1. The van der Waals surface area contributed by atoms with Crippen LogP contribution in [0.3, 0.4) is 0 Å². The summed E-state index contributed by atoms with van der Waals surface area (Å²) in [7, 11) is 0. The molecule has 0 amide bonds. The van der Waals surface area contributed by atoms with Gasteiger partial charge in [-0.05, 0) is 5.56 Å². The van der Waals surface area contributed by atoms with Gasteiger partial charge in [0.05, 0.1) is 5.97 Å². The minimum absolute atomic E-state index is 0. The molecule has 26 heavy (non-hydrogen) atoms. The highest BCUT2D eigenvalue weighted by molar-refractivity contribution is 5.85. The monoisotopic (exact) mass is 374 g/mol. The molecule has 3 aromatic carbocycles. The molecule has 0 atom stereocenters. The van der Waals surface area contributed by atoms with E-state index < -0.39 is 5.97 Å². The topological polar surface area (TPSA) is 125 Å². The van der Waals surface area contributed by atoms with E-state index in [1.165, 1.54) is 12.1 Å². The quantitative estimate of drug-likeness (QED) is 0.216. The second-order valence-electron chi connectivity index (χ2n) is 4.81. The standard InChI is InChI=1S/C7H6O2.2C6H8N2.ClH/c8-7(9)6-4-2-1-3-5-6;2*7-8-6-4-2-1-3-5-6;/h1-5H,(H,8,9);2*1-5,8H,7H2;1H. The summed E-state index contributed by atoms with van der Waals surface area (Å²) in [5.41, 5.74) is 5.51. The van der Waals surface area contributed by atoms with Gasteiger partial charge in [0.25, 0.3) is 0 Å². The zero-order chi connectivity index (χ0) is 18.3. The van der Waals surface area contributed by atoms with E-state index in [0.29, 0.717) is 0 Å². The number of carbonyl (C=O) groups is 1. The van der Waals surface area contributed by atoms with Crippen LogP contribution < -0.4 is 40.1 Å². The SMILES string of the molecule is N[NH2+]c1ccccc1.N[NH2+]c1ccccc1.O=C([O-])c1ccccc1.[Cl-]. The fraction of sp³-hybridized carbons (Fsp3) is 0. The van der Waals surface area contributed by atoms with Gasteiger partial charge in [-0.1, -0.05) is 66.7 Å². The molecule has 0 fully saturated rings. The van der Waals surface area contributed by atoms with Crippen molar-refractivity contribution in [1.82, 2.24) is 0 Å². The Labute approximate surface area is 159 Å². The van der Waals surface area contributed by atoms with Crippen LogP contribution >= 0.6 is 0 Å². The van der Waals surface area contributed by atoms with Crippen LogP contribution in [0.4, 0.5) is 11.4 Å². The van der Waals surface area contributed by atoms with E-state index >= 15 is 0 Å². The molecule has 3 aromatic rings. The Bertz CT molecular complexity index is 674. The predicted molar refractivity (Wildman–Crippen MR) is 95.2 cm³/mol. The number of rotatable bonds is 3. The molecule has 0 saturated heterocycles. The van der Waals surface area contributed by atoms with Crippen LogP contribution in [0.2, 0.25) is 0 Å². The van der Waals surface area contributed by atoms with Crippen molar-refractivity contribution >= 4 is 17.3 Å². The molecule has 0 saturated carbocycles. The largest absolute Gasteiger partial charge is 1.00 e. The lowest BCUT2D eigenvalue weighted by Crippen LogP contribution is -3.00. The lowest BCUT2D eigenvalue weighted by atomic mass is 10.2. The summed E-state index contributed by atoms with van der Waals surface area (Å²) in [6, 6.07) is 27.7. The molecule has 0 heterocycles. The van der Waals surface area contributed by atoms with E-state index in [2.05, 4.69) is 0 Å². The summed E-state index contributed by atoms with van der Waals surface area (Å²) in [5, 5.41) is 10.1.